The fraction of sp³-hybridized carbons (Fsp3) is 0.941. The van der Waals surface area contributed by atoms with E-state index in [4.69, 9.17) is 9.26 Å². The number of nitrogens with zero attached hydrogens (tertiary/aromatic N) is 1. The summed E-state index contributed by atoms with van der Waals surface area (Å²) in [5, 5.41) is 0. The molecule has 3 aliphatic rings. The Morgan fingerprint density at radius 3 is 2.61 bits per heavy atom. The van der Waals surface area contributed by atoms with Crippen molar-refractivity contribution in [3.8, 4) is 0 Å². The summed E-state index contributed by atoms with van der Waals surface area (Å²) in [7, 11) is -1.82. The largest absolute Gasteiger partial charge is 0.469 e. The molecule has 0 aromatic heterocycles. The van der Waals surface area contributed by atoms with Gasteiger partial charge in [-0.05, 0) is 30.1 Å². The molecule has 3 fully saturated rings. The van der Waals surface area contributed by atoms with E-state index in [9.17, 15) is 9.36 Å². The molecule has 0 radical (unpaired) electrons. The number of rotatable bonds is 4. The van der Waals surface area contributed by atoms with Crippen molar-refractivity contribution < 1.29 is 18.6 Å². The monoisotopic (exact) mass is 343 g/mol. The first-order valence-electron chi connectivity index (χ1n) is 8.68. The lowest BCUT2D eigenvalue weighted by Gasteiger charge is -2.38. The van der Waals surface area contributed by atoms with Crippen molar-refractivity contribution in [1.29, 1.82) is 0 Å². The number of hydrogen-bond acceptors (Lipinski definition) is 4. The Hall–Kier alpha value is -0.380. The van der Waals surface area contributed by atoms with Gasteiger partial charge in [-0.3, -0.25) is 9.36 Å². The number of hydrogen-bond donors (Lipinski definition) is 0. The Balaban J connectivity index is 1.98. The molecule has 0 aromatic rings. The van der Waals surface area contributed by atoms with Gasteiger partial charge in [-0.25, -0.2) is 4.67 Å². The maximum absolute atomic E-state index is 13.5. The predicted molar refractivity (Wildman–Crippen MR) is 89.3 cm³/mol. The first-order valence-corrected chi connectivity index (χ1v) is 10.4. The molecule has 23 heavy (non-hydrogen) atoms. The van der Waals surface area contributed by atoms with Gasteiger partial charge in [0.2, 0.25) is 0 Å². The van der Waals surface area contributed by atoms with Crippen LogP contribution in [0.3, 0.4) is 0 Å². The van der Waals surface area contributed by atoms with Crippen LogP contribution in [0, 0.1) is 22.7 Å². The molecule has 132 valence electrons. The van der Waals surface area contributed by atoms with Crippen molar-refractivity contribution in [3.05, 3.63) is 0 Å². The molecule has 0 amide bonds. The first kappa shape index (κ1) is 17.4. The number of carbonyl (C=O) groups excluding carboxylic acids is 1. The lowest BCUT2D eigenvalue weighted by molar-refractivity contribution is -0.137. The minimum atomic E-state index is -3.16. The van der Waals surface area contributed by atoms with Crippen LogP contribution < -0.4 is 0 Å². The number of esters is 1. The Morgan fingerprint density at radius 1 is 1.39 bits per heavy atom. The third-order valence-corrected chi connectivity index (χ3v) is 9.27. The van der Waals surface area contributed by atoms with Gasteiger partial charge in [0.05, 0.1) is 13.2 Å². The van der Waals surface area contributed by atoms with Crippen LogP contribution in [0.25, 0.3) is 0 Å². The molecule has 5 atom stereocenters. The lowest BCUT2D eigenvalue weighted by atomic mass is 9.70. The summed E-state index contributed by atoms with van der Waals surface area (Å²) >= 11 is 0. The average Bonchev–Trinajstić information content (AvgIpc) is 2.90. The van der Waals surface area contributed by atoms with Gasteiger partial charge in [-0.1, -0.05) is 34.6 Å². The summed E-state index contributed by atoms with van der Waals surface area (Å²) in [6.45, 7) is 11.9. The van der Waals surface area contributed by atoms with Crippen LogP contribution in [-0.4, -0.2) is 42.6 Å². The fourth-order valence-corrected chi connectivity index (χ4v) is 8.02. The Kier molecular flexibility index (Phi) is 4.02. The molecule has 2 aliphatic carbocycles. The zero-order valence-electron chi connectivity index (χ0n) is 15.2. The predicted octanol–water partition coefficient (Wildman–Crippen LogP) is 3.53. The van der Waals surface area contributed by atoms with E-state index in [2.05, 4.69) is 39.3 Å². The zero-order valence-corrected chi connectivity index (χ0v) is 16.1. The van der Waals surface area contributed by atoms with Crippen molar-refractivity contribution in [1.82, 2.24) is 4.67 Å². The standard InChI is InChI=1S/C17H30NO4P/c1-11(2)9-18-14-12-7-8-17(5,16(12,3)4)15(14)22-23(18,20)10-13(19)21-6/h11-12,14-15H,7-10H2,1-6H3/t12?,14?,15?,17?,23-/m0/s1. The Morgan fingerprint density at radius 2 is 2.04 bits per heavy atom. The Bertz CT molecular complexity index is 561. The average molecular weight is 343 g/mol. The van der Waals surface area contributed by atoms with Gasteiger partial charge in [-0.15, -0.1) is 0 Å². The van der Waals surface area contributed by atoms with Crippen molar-refractivity contribution in [3.63, 3.8) is 0 Å². The van der Waals surface area contributed by atoms with Gasteiger partial charge in [0.15, 0.2) is 0 Å². The highest BCUT2D eigenvalue weighted by Gasteiger charge is 2.73. The highest BCUT2D eigenvalue weighted by Crippen LogP contribution is 2.75. The summed E-state index contributed by atoms with van der Waals surface area (Å²) < 4.78 is 26.6. The molecule has 1 heterocycles. The molecule has 2 bridgehead atoms. The van der Waals surface area contributed by atoms with Crippen molar-refractivity contribution >= 4 is 13.5 Å². The van der Waals surface area contributed by atoms with Crippen LogP contribution in [0.4, 0.5) is 0 Å². The third-order valence-electron chi connectivity index (χ3n) is 6.85. The van der Waals surface area contributed by atoms with E-state index in [0.29, 0.717) is 18.4 Å². The highest BCUT2D eigenvalue weighted by atomic mass is 31.2. The van der Waals surface area contributed by atoms with Crippen LogP contribution in [0.15, 0.2) is 0 Å². The van der Waals surface area contributed by atoms with E-state index in [-0.39, 0.29) is 29.1 Å². The third kappa shape index (κ3) is 2.26. The molecule has 0 N–H and O–H groups in total. The van der Waals surface area contributed by atoms with E-state index < -0.39 is 13.5 Å². The first-order chi connectivity index (χ1) is 10.6. The smallest absolute Gasteiger partial charge is 0.316 e. The normalized spacial score (nSPS) is 44.7. The van der Waals surface area contributed by atoms with Gasteiger partial charge in [-0.2, -0.15) is 0 Å². The van der Waals surface area contributed by atoms with Crippen LogP contribution in [0.5, 0.6) is 0 Å². The van der Waals surface area contributed by atoms with Gasteiger partial charge in [0, 0.05) is 18.0 Å². The molecule has 1 saturated heterocycles. The second-order valence-electron chi connectivity index (χ2n) is 8.69. The van der Waals surface area contributed by atoms with Crippen LogP contribution in [0.2, 0.25) is 0 Å². The van der Waals surface area contributed by atoms with E-state index in [1.165, 1.54) is 7.11 Å². The molecule has 4 unspecified atom stereocenters. The molecule has 0 spiro atoms. The summed E-state index contributed by atoms with van der Waals surface area (Å²) in [5.74, 6) is 0.405. The molecule has 3 rings (SSSR count). The summed E-state index contributed by atoms with van der Waals surface area (Å²) in [6.07, 6.45) is 2.10. The quantitative estimate of drug-likeness (QED) is 0.577. The van der Waals surface area contributed by atoms with E-state index >= 15 is 0 Å². The minimum absolute atomic E-state index is 0.0276. The van der Waals surface area contributed by atoms with Gasteiger partial charge >= 0.3 is 5.97 Å². The summed E-state index contributed by atoms with van der Waals surface area (Å²) in [4.78, 5) is 11.8. The number of fused-ring (bicyclic) bond motifs is 5. The van der Waals surface area contributed by atoms with Crippen molar-refractivity contribution in [2.75, 3.05) is 19.8 Å². The van der Waals surface area contributed by atoms with Crippen LogP contribution in [0.1, 0.15) is 47.5 Å². The van der Waals surface area contributed by atoms with Crippen molar-refractivity contribution in [2.45, 2.75) is 59.6 Å². The van der Waals surface area contributed by atoms with Gasteiger partial charge in [0.25, 0.3) is 7.52 Å². The maximum atomic E-state index is 13.5. The maximum Gasteiger partial charge on any atom is 0.316 e. The van der Waals surface area contributed by atoms with Crippen LogP contribution in [-0.2, 0) is 18.6 Å². The molecule has 1 aliphatic heterocycles. The SMILES string of the molecule is COC(=O)C[P@]1(=O)OC2C(C3CCC2(C)C3(C)C)N1CC(C)C. The summed E-state index contributed by atoms with van der Waals surface area (Å²) in [5.41, 5.74) is 0.202. The molecular weight excluding hydrogens is 313 g/mol. The lowest BCUT2D eigenvalue weighted by Crippen LogP contribution is -2.43. The van der Waals surface area contributed by atoms with E-state index in [1.54, 1.807) is 0 Å². The summed E-state index contributed by atoms with van der Waals surface area (Å²) in [6, 6.07) is 0.168. The number of carbonyl (C=O) groups is 1. The van der Waals surface area contributed by atoms with Crippen LogP contribution >= 0.6 is 7.52 Å². The zero-order chi connectivity index (χ0) is 17.2. The van der Waals surface area contributed by atoms with E-state index in [1.807, 2.05) is 0 Å². The Labute approximate surface area is 139 Å². The number of ether oxygens (including phenoxy) is 1. The second-order valence-corrected chi connectivity index (χ2v) is 11.0. The second kappa shape index (κ2) is 5.31. The van der Waals surface area contributed by atoms with Crippen molar-refractivity contribution in [2.24, 2.45) is 22.7 Å². The molecule has 2 saturated carbocycles. The van der Waals surface area contributed by atoms with Gasteiger partial charge < -0.3 is 9.26 Å². The van der Waals surface area contributed by atoms with Gasteiger partial charge in [0.1, 0.15) is 6.16 Å². The molecule has 6 heteroatoms. The molecular formula is C17H30NO4P. The molecule has 0 aromatic carbocycles. The number of methoxy groups -OCH3 is 1. The highest BCUT2D eigenvalue weighted by molar-refractivity contribution is 7.57. The fourth-order valence-electron chi connectivity index (χ4n) is 5.22. The minimum Gasteiger partial charge on any atom is -0.469 e. The topological polar surface area (TPSA) is 55.8 Å². The van der Waals surface area contributed by atoms with E-state index in [0.717, 1.165) is 12.8 Å². The molecule has 5 nitrogen and oxygen atoms in total.